The lowest BCUT2D eigenvalue weighted by Gasteiger charge is -2.20. The maximum absolute atomic E-state index is 13.9. The van der Waals surface area contributed by atoms with Crippen molar-refractivity contribution in [1.82, 2.24) is 10.2 Å². The molecular formula is C23H22ClFN4O3S. The second kappa shape index (κ2) is 9.46. The van der Waals surface area contributed by atoms with Crippen LogP contribution in [-0.2, 0) is 0 Å². The van der Waals surface area contributed by atoms with E-state index >= 15 is 0 Å². The summed E-state index contributed by atoms with van der Waals surface area (Å²) in [5.74, 6) is -0.433. The van der Waals surface area contributed by atoms with E-state index in [9.17, 15) is 14.3 Å². The molecule has 2 aliphatic heterocycles. The highest BCUT2D eigenvalue weighted by molar-refractivity contribution is 7.07. The van der Waals surface area contributed by atoms with Crippen LogP contribution in [0.15, 0.2) is 62.1 Å². The number of nitrogens with one attached hydrogen (secondary N) is 2. The Kier molecular flexibility index (Phi) is 6.64. The van der Waals surface area contributed by atoms with Crippen molar-refractivity contribution in [3.63, 3.8) is 0 Å². The number of halogens is 2. The Hall–Kier alpha value is -3.01. The van der Waals surface area contributed by atoms with Gasteiger partial charge in [0, 0.05) is 17.3 Å². The van der Waals surface area contributed by atoms with E-state index in [1.807, 2.05) is 12.3 Å². The molecule has 4 rings (SSSR count). The molecule has 3 N–H and O–H groups in total. The fourth-order valence-electron chi connectivity index (χ4n) is 3.57. The van der Waals surface area contributed by atoms with Crippen molar-refractivity contribution in [2.45, 2.75) is 20.0 Å². The second-order valence-corrected chi connectivity index (χ2v) is 8.91. The predicted octanol–water partition coefficient (Wildman–Crippen LogP) is 4.22. The van der Waals surface area contributed by atoms with Crippen LogP contribution >= 0.6 is 22.9 Å². The van der Waals surface area contributed by atoms with E-state index in [0.717, 1.165) is 11.8 Å². The first-order valence-electron chi connectivity index (χ1n) is 10.2. The molecule has 33 heavy (non-hydrogen) atoms. The number of aliphatic hydroxyl groups is 1. The highest BCUT2D eigenvalue weighted by Gasteiger charge is 2.32. The Labute approximate surface area is 199 Å². The van der Waals surface area contributed by atoms with E-state index in [2.05, 4.69) is 10.3 Å². The summed E-state index contributed by atoms with van der Waals surface area (Å²) in [5, 5.41) is 25.9. The SMILES string of the molecule is CC1=N/C(=C2\CN(C(=O)c3ccc(F)cc3OCC(O)c3ccsc3)CC2=N)NC(C)=C1Cl. The number of hydrogen-bond donors (Lipinski definition) is 3. The van der Waals surface area contributed by atoms with E-state index in [-0.39, 0.29) is 36.7 Å². The van der Waals surface area contributed by atoms with Crippen LogP contribution in [0.3, 0.4) is 0 Å². The van der Waals surface area contributed by atoms with Crippen molar-refractivity contribution in [2.24, 2.45) is 4.99 Å². The largest absolute Gasteiger partial charge is 0.490 e. The van der Waals surface area contributed by atoms with Gasteiger partial charge in [0.15, 0.2) is 0 Å². The van der Waals surface area contributed by atoms with Crippen molar-refractivity contribution in [2.75, 3.05) is 19.7 Å². The third-order valence-corrected chi connectivity index (χ3v) is 6.62. The van der Waals surface area contributed by atoms with Crippen LogP contribution in [0.4, 0.5) is 4.39 Å². The normalized spacial score (nSPS) is 19.5. The topological polar surface area (TPSA) is 98.0 Å². The molecule has 0 radical (unpaired) electrons. The van der Waals surface area contributed by atoms with E-state index < -0.39 is 17.8 Å². The molecule has 0 bridgehead atoms. The second-order valence-electron chi connectivity index (χ2n) is 7.75. The minimum absolute atomic E-state index is 0.0390. The third kappa shape index (κ3) is 4.85. The van der Waals surface area contributed by atoms with Crippen molar-refractivity contribution in [3.8, 4) is 5.75 Å². The molecule has 1 atom stereocenters. The van der Waals surface area contributed by atoms with Gasteiger partial charge in [-0.15, -0.1) is 0 Å². The molecule has 1 saturated heterocycles. The number of ether oxygens (including phenoxy) is 1. The molecule has 2 aliphatic rings. The number of aliphatic hydroxyl groups excluding tert-OH is 1. The van der Waals surface area contributed by atoms with Crippen molar-refractivity contribution in [1.29, 1.82) is 5.41 Å². The molecule has 1 aromatic carbocycles. The maximum atomic E-state index is 13.9. The molecule has 0 saturated carbocycles. The Morgan fingerprint density at radius 2 is 2.18 bits per heavy atom. The molecule has 1 aromatic heterocycles. The number of amides is 1. The number of rotatable bonds is 5. The van der Waals surface area contributed by atoms with Crippen molar-refractivity contribution >= 4 is 40.3 Å². The van der Waals surface area contributed by atoms with Gasteiger partial charge in [-0.05, 0) is 48.4 Å². The molecule has 3 heterocycles. The van der Waals surface area contributed by atoms with Gasteiger partial charge in [0.1, 0.15) is 30.1 Å². The first-order valence-corrected chi connectivity index (χ1v) is 11.5. The number of thiophene rings is 1. The number of allylic oxidation sites excluding steroid dienone is 2. The fourth-order valence-corrected chi connectivity index (χ4v) is 4.37. The summed E-state index contributed by atoms with van der Waals surface area (Å²) >= 11 is 7.63. The average molecular weight is 489 g/mol. The number of nitrogens with zero attached hydrogens (tertiary/aromatic N) is 2. The summed E-state index contributed by atoms with van der Waals surface area (Å²) < 4.78 is 19.6. The minimum Gasteiger partial charge on any atom is -0.490 e. The lowest BCUT2D eigenvalue weighted by atomic mass is 10.1. The molecule has 7 nitrogen and oxygen atoms in total. The van der Waals surface area contributed by atoms with Crippen LogP contribution in [0.1, 0.15) is 35.9 Å². The third-order valence-electron chi connectivity index (χ3n) is 5.37. The first kappa shape index (κ1) is 23.2. The maximum Gasteiger partial charge on any atom is 0.258 e. The molecule has 1 amide bonds. The molecule has 2 aromatic rings. The van der Waals surface area contributed by atoms with Gasteiger partial charge in [-0.3, -0.25) is 4.79 Å². The van der Waals surface area contributed by atoms with Crippen molar-refractivity contribution in [3.05, 3.63) is 74.1 Å². The van der Waals surface area contributed by atoms with Gasteiger partial charge in [0.2, 0.25) is 0 Å². The van der Waals surface area contributed by atoms with Crippen LogP contribution in [0.5, 0.6) is 5.75 Å². The van der Waals surface area contributed by atoms with Gasteiger partial charge in [0.25, 0.3) is 5.91 Å². The van der Waals surface area contributed by atoms with E-state index in [1.54, 1.807) is 18.4 Å². The van der Waals surface area contributed by atoms with E-state index in [0.29, 0.717) is 27.7 Å². The molecule has 172 valence electrons. The van der Waals surface area contributed by atoms with Gasteiger partial charge in [-0.2, -0.15) is 11.3 Å². The summed E-state index contributed by atoms with van der Waals surface area (Å²) in [6, 6.07) is 5.44. The standard InChI is InChI=1S/C23H22ClFN4O3S/c1-12-21(24)13(2)28-22(27-12)17-8-29(9-18(17)26)23(31)16-4-3-15(25)7-20(16)32-10-19(30)14-5-6-33-11-14/h3-7,11,19,26-27,30H,8-10H2,1-2H3/b22-17+,26-18?. The lowest BCUT2D eigenvalue weighted by Crippen LogP contribution is -2.29. The Balaban J connectivity index is 1.54. The van der Waals surface area contributed by atoms with Crippen LogP contribution in [0, 0.1) is 11.2 Å². The molecule has 0 spiro atoms. The lowest BCUT2D eigenvalue weighted by molar-refractivity contribution is 0.0787. The summed E-state index contributed by atoms with van der Waals surface area (Å²) in [5.41, 5.74) is 3.04. The minimum atomic E-state index is -0.902. The summed E-state index contributed by atoms with van der Waals surface area (Å²) in [6.45, 7) is 3.71. The summed E-state index contributed by atoms with van der Waals surface area (Å²) in [6.07, 6.45) is -0.902. The molecular weight excluding hydrogens is 467 g/mol. The monoisotopic (exact) mass is 488 g/mol. The summed E-state index contributed by atoms with van der Waals surface area (Å²) in [7, 11) is 0. The average Bonchev–Trinajstić information content (AvgIpc) is 3.45. The molecule has 1 fully saturated rings. The zero-order chi connectivity index (χ0) is 23.7. The summed E-state index contributed by atoms with van der Waals surface area (Å²) in [4.78, 5) is 19.2. The van der Waals surface area contributed by atoms with Crippen LogP contribution in [0.25, 0.3) is 0 Å². The highest BCUT2D eigenvalue weighted by atomic mass is 35.5. The van der Waals surface area contributed by atoms with Gasteiger partial charge in [-0.1, -0.05) is 11.6 Å². The predicted molar refractivity (Wildman–Crippen MR) is 127 cm³/mol. The van der Waals surface area contributed by atoms with E-state index in [1.165, 1.54) is 28.4 Å². The number of likely N-dealkylation sites (tertiary alicyclic amines) is 1. The number of carbonyl (C=O) groups is 1. The van der Waals surface area contributed by atoms with Crippen LogP contribution < -0.4 is 10.1 Å². The number of hydrogen-bond acceptors (Lipinski definition) is 7. The fraction of sp³-hybridized carbons (Fsp3) is 0.261. The smallest absolute Gasteiger partial charge is 0.258 e. The van der Waals surface area contributed by atoms with Gasteiger partial charge < -0.3 is 25.5 Å². The number of carbonyl (C=O) groups excluding carboxylic acids is 1. The van der Waals surface area contributed by atoms with Crippen molar-refractivity contribution < 1.29 is 19.0 Å². The first-order chi connectivity index (χ1) is 15.7. The van der Waals surface area contributed by atoms with Gasteiger partial charge in [0.05, 0.1) is 35.1 Å². The highest BCUT2D eigenvalue weighted by Crippen LogP contribution is 2.28. The number of aliphatic imine (C=N–C) groups is 1. The Bertz CT molecular complexity index is 1210. The van der Waals surface area contributed by atoms with E-state index in [4.69, 9.17) is 21.7 Å². The molecule has 1 unspecified atom stereocenters. The molecule has 0 aliphatic carbocycles. The Morgan fingerprint density at radius 3 is 2.88 bits per heavy atom. The zero-order valence-electron chi connectivity index (χ0n) is 18.0. The Morgan fingerprint density at radius 1 is 1.39 bits per heavy atom. The molecule has 10 heteroatoms. The van der Waals surface area contributed by atoms with Gasteiger partial charge in [-0.25, -0.2) is 9.38 Å². The van der Waals surface area contributed by atoms with Gasteiger partial charge >= 0.3 is 0 Å². The van der Waals surface area contributed by atoms with Crippen LogP contribution in [-0.4, -0.2) is 47.0 Å². The van der Waals surface area contributed by atoms with Crippen LogP contribution in [0.2, 0.25) is 0 Å². The quantitative estimate of drug-likeness (QED) is 0.587. The number of benzene rings is 1. The zero-order valence-corrected chi connectivity index (χ0v) is 19.6.